The third kappa shape index (κ3) is 3.38. The van der Waals surface area contributed by atoms with Crippen LogP contribution in [0.5, 0.6) is 0 Å². The average Bonchev–Trinajstić information content (AvgIpc) is 2.50. The summed E-state index contributed by atoms with van der Waals surface area (Å²) >= 11 is 5.37. The molecule has 0 aliphatic heterocycles. The summed E-state index contributed by atoms with van der Waals surface area (Å²) in [5, 5.41) is 5.69. The van der Waals surface area contributed by atoms with E-state index >= 15 is 0 Å². The van der Waals surface area contributed by atoms with Crippen molar-refractivity contribution < 1.29 is 4.42 Å². The van der Waals surface area contributed by atoms with Crippen LogP contribution in [-0.2, 0) is 0 Å². The van der Waals surface area contributed by atoms with E-state index in [1.807, 2.05) is 33.8 Å². The predicted molar refractivity (Wildman–Crippen MR) is 98.7 cm³/mol. The molecule has 3 N–H and O–H groups in total. The molecule has 5 nitrogen and oxygen atoms in total. The Morgan fingerprint density at radius 1 is 1.39 bits per heavy atom. The van der Waals surface area contributed by atoms with Crippen molar-refractivity contribution in [3.8, 4) is 0 Å². The zero-order chi connectivity index (χ0) is 17.3. The number of anilines is 1. The quantitative estimate of drug-likeness (QED) is 0.510. The summed E-state index contributed by atoms with van der Waals surface area (Å²) in [6, 6.07) is 3.56. The second-order valence-corrected chi connectivity index (χ2v) is 6.27. The maximum Gasteiger partial charge on any atom is 0.193 e. The van der Waals surface area contributed by atoms with Gasteiger partial charge in [-0.1, -0.05) is 6.92 Å². The Labute approximate surface area is 141 Å². The first-order valence-corrected chi connectivity index (χ1v) is 8.06. The molecule has 1 heterocycles. The molecular weight excluding hydrogens is 310 g/mol. The Hall–Kier alpha value is -1.92. The molecular formula is C17H23N3O2S. The minimum atomic E-state index is -0.0505. The summed E-state index contributed by atoms with van der Waals surface area (Å²) in [6.07, 6.45) is 0.886. The molecule has 0 amide bonds. The zero-order valence-electron chi connectivity index (χ0n) is 14.2. The fraction of sp³-hybridized carbons (Fsp3) is 0.412. The smallest absolute Gasteiger partial charge is 0.193 e. The molecule has 1 unspecified atom stereocenters. The number of nitrogens with one attached hydrogen (secondary N) is 1. The predicted octanol–water partition coefficient (Wildman–Crippen LogP) is 3.39. The van der Waals surface area contributed by atoms with E-state index in [4.69, 9.17) is 22.5 Å². The maximum atomic E-state index is 12.3. The Bertz CT molecular complexity index is 814. The van der Waals surface area contributed by atoms with Crippen molar-refractivity contribution in [1.82, 2.24) is 5.01 Å². The number of fused-ring (bicyclic) bond motifs is 1. The minimum absolute atomic E-state index is 0.0505. The molecule has 0 saturated carbocycles. The van der Waals surface area contributed by atoms with Gasteiger partial charge in [-0.25, -0.2) is 5.84 Å². The molecule has 0 spiro atoms. The summed E-state index contributed by atoms with van der Waals surface area (Å²) in [7, 11) is 0. The van der Waals surface area contributed by atoms with Crippen molar-refractivity contribution in [3.63, 3.8) is 0 Å². The van der Waals surface area contributed by atoms with Gasteiger partial charge in [-0.05, 0) is 63.5 Å². The highest BCUT2D eigenvalue weighted by atomic mass is 32.1. The number of hydrogen-bond donors (Lipinski definition) is 2. The lowest BCUT2D eigenvalue weighted by molar-refractivity contribution is 0.338. The first-order chi connectivity index (χ1) is 10.8. The standard InChI is InChI=1S/C17H23N3O2S/c1-6-10(3)20(18)17(23)19-13-7-9(2)16-15(12(13)5)14(21)8-11(4)22-16/h7-8,10H,6,18H2,1-5H3,(H,19,23). The molecule has 0 radical (unpaired) electrons. The summed E-state index contributed by atoms with van der Waals surface area (Å²) in [6.45, 7) is 9.61. The van der Waals surface area contributed by atoms with Crippen LogP contribution >= 0.6 is 12.2 Å². The van der Waals surface area contributed by atoms with Gasteiger partial charge in [-0.15, -0.1) is 0 Å². The highest BCUT2D eigenvalue weighted by Gasteiger charge is 2.16. The number of hydrazine groups is 1. The van der Waals surface area contributed by atoms with Gasteiger partial charge in [0.1, 0.15) is 11.3 Å². The van der Waals surface area contributed by atoms with Crippen LogP contribution < -0.4 is 16.6 Å². The van der Waals surface area contributed by atoms with E-state index in [9.17, 15) is 4.79 Å². The summed E-state index contributed by atoms with van der Waals surface area (Å²) in [5.74, 6) is 6.62. The van der Waals surface area contributed by atoms with Gasteiger partial charge < -0.3 is 9.73 Å². The van der Waals surface area contributed by atoms with Crippen molar-refractivity contribution in [2.75, 3.05) is 5.32 Å². The lowest BCUT2D eigenvalue weighted by Gasteiger charge is -2.26. The molecule has 2 aromatic rings. The van der Waals surface area contributed by atoms with Crippen LogP contribution in [0.2, 0.25) is 0 Å². The first-order valence-electron chi connectivity index (χ1n) is 7.65. The van der Waals surface area contributed by atoms with E-state index in [2.05, 4.69) is 5.32 Å². The van der Waals surface area contributed by atoms with Crippen LogP contribution in [0.4, 0.5) is 5.69 Å². The maximum absolute atomic E-state index is 12.3. The number of aryl methyl sites for hydroxylation is 3. The van der Waals surface area contributed by atoms with Crippen LogP contribution in [0.3, 0.4) is 0 Å². The van der Waals surface area contributed by atoms with Crippen molar-refractivity contribution in [3.05, 3.63) is 39.2 Å². The van der Waals surface area contributed by atoms with Crippen LogP contribution in [0.15, 0.2) is 21.3 Å². The van der Waals surface area contributed by atoms with Crippen LogP contribution in [-0.4, -0.2) is 16.2 Å². The zero-order valence-corrected chi connectivity index (χ0v) is 15.0. The van der Waals surface area contributed by atoms with E-state index in [1.165, 1.54) is 11.1 Å². The van der Waals surface area contributed by atoms with Crippen LogP contribution in [0.25, 0.3) is 11.0 Å². The molecule has 1 aromatic carbocycles. The van der Waals surface area contributed by atoms with Crippen LogP contribution in [0.1, 0.15) is 37.2 Å². The Balaban J connectivity index is 2.49. The third-order valence-corrected chi connectivity index (χ3v) is 4.42. The fourth-order valence-corrected chi connectivity index (χ4v) is 2.76. The van der Waals surface area contributed by atoms with Gasteiger partial charge in [-0.2, -0.15) is 0 Å². The van der Waals surface area contributed by atoms with Gasteiger partial charge in [0.15, 0.2) is 10.5 Å². The van der Waals surface area contributed by atoms with Gasteiger partial charge in [-0.3, -0.25) is 9.80 Å². The largest absolute Gasteiger partial charge is 0.461 e. The molecule has 0 fully saturated rings. The summed E-state index contributed by atoms with van der Waals surface area (Å²) < 4.78 is 5.72. The van der Waals surface area contributed by atoms with E-state index < -0.39 is 0 Å². The van der Waals surface area contributed by atoms with Gasteiger partial charge in [0.2, 0.25) is 0 Å². The summed E-state index contributed by atoms with van der Waals surface area (Å²) in [4.78, 5) is 12.3. The van der Waals surface area contributed by atoms with Gasteiger partial charge >= 0.3 is 0 Å². The number of hydrogen-bond acceptors (Lipinski definition) is 4. The third-order valence-electron chi connectivity index (χ3n) is 4.11. The molecule has 0 saturated heterocycles. The molecule has 23 heavy (non-hydrogen) atoms. The summed E-state index contributed by atoms with van der Waals surface area (Å²) in [5.41, 5.74) is 3.03. The minimum Gasteiger partial charge on any atom is -0.461 e. The molecule has 0 aliphatic rings. The lowest BCUT2D eigenvalue weighted by atomic mass is 10.0. The van der Waals surface area contributed by atoms with Crippen LogP contribution in [0, 0.1) is 20.8 Å². The normalized spacial score (nSPS) is 12.3. The number of benzene rings is 1. The fourth-order valence-electron chi connectivity index (χ4n) is 2.47. The first kappa shape index (κ1) is 17.4. The van der Waals surface area contributed by atoms with Gasteiger partial charge in [0.05, 0.1) is 5.39 Å². The number of rotatable bonds is 3. The van der Waals surface area contributed by atoms with E-state index in [1.54, 1.807) is 6.92 Å². The Morgan fingerprint density at radius 3 is 2.65 bits per heavy atom. The highest BCUT2D eigenvalue weighted by Crippen LogP contribution is 2.27. The van der Waals surface area contributed by atoms with E-state index in [0.29, 0.717) is 21.8 Å². The number of nitrogens with two attached hydrogens (primary N) is 1. The molecule has 124 valence electrons. The number of thiocarbonyl (C=S) groups is 1. The van der Waals surface area contributed by atoms with Gasteiger partial charge in [0.25, 0.3) is 0 Å². The lowest BCUT2D eigenvalue weighted by Crippen LogP contribution is -2.46. The molecule has 2 rings (SSSR count). The molecule has 0 aliphatic carbocycles. The monoisotopic (exact) mass is 333 g/mol. The molecule has 1 aromatic heterocycles. The van der Waals surface area contributed by atoms with Crippen molar-refractivity contribution in [2.24, 2.45) is 5.84 Å². The second kappa shape index (κ2) is 6.68. The van der Waals surface area contributed by atoms with Crippen molar-refractivity contribution >= 4 is 34.0 Å². The topological polar surface area (TPSA) is 71.5 Å². The van der Waals surface area contributed by atoms with E-state index in [-0.39, 0.29) is 11.5 Å². The highest BCUT2D eigenvalue weighted by molar-refractivity contribution is 7.80. The average molecular weight is 333 g/mol. The van der Waals surface area contributed by atoms with Gasteiger partial charge in [0, 0.05) is 17.8 Å². The van der Waals surface area contributed by atoms with Crippen molar-refractivity contribution in [1.29, 1.82) is 0 Å². The van der Waals surface area contributed by atoms with Crippen molar-refractivity contribution in [2.45, 2.75) is 47.1 Å². The Kier molecular flexibility index (Phi) is 5.06. The second-order valence-electron chi connectivity index (χ2n) is 5.89. The number of nitrogens with zero attached hydrogens (tertiary/aromatic N) is 1. The molecule has 1 atom stereocenters. The SMILES string of the molecule is CCC(C)N(N)C(=S)Nc1cc(C)c2oc(C)cc(=O)c2c1C. The Morgan fingerprint density at radius 2 is 2.04 bits per heavy atom. The van der Waals surface area contributed by atoms with E-state index in [0.717, 1.165) is 23.2 Å². The molecule has 0 bridgehead atoms. The molecule has 6 heteroatoms.